The lowest BCUT2D eigenvalue weighted by Crippen LogP contribution is -2.44. The van der Waals surface area contributed by atoms with E-state index in [0.29, 0.717) is 22.7 Å². The lowest BCUT2D eigenvalue weighted by atomic mass is 10.0. The number of halogens is 2. The second kappa shape index (κ2) is 11.2. The molecule has 0 aliphatic carbocycles. The molecule has 5 rings (SSSR count). The third-order valence-corrected chi connectivity index (χ3v) is 7.20. The van der Waals surface area contributed by atoms with Crippen LogP contribution in [0.25, 0.3) is 16.9 Å². The number of carbonyl (C=O) groups excluding carboxylic acids is 1. The van der Waals surface area contributed by atoms with Gasteiger partial charge in [0.15, 0.2) is 0 Å². The van der Waals surface area contributed by atoms with Gasteiger partial charge in [-0.2, -0.15) is 0 Å². The number of ether oxygens (including phenoxy) is 1. The van der Waals surface area contributed by atoms with Crippen molar-refractivity contribution in [2.75, 3.05) is 20.2 Å². The Hall–Kier alpha value is -3.97. The fraction of sp³-hybridized carbons (Fsp3) is 0.258. The molecule has 7 heteroatoms. The first-order chi connectivity index (χ1) is 18.4. The molecule has 0 radical (unpaired) electrons. The summed E-state index contributed by atoms with van der Waals surface area (Å²) in [6.45, 7) is 4.49. The number of piperidine rings is 1. The Bertz CT molecular complexity index is 1410. The van der Waals surface area contributed by atoms with Crippen LogP contribution in [-0.2, 0) is 6.54 Å². The summed E-state index contributed by atoms with van der Waals surface area (Å²) in [7, 11) is 1.59. The monoisotopic (exact) mass is 515 g/mol. The SMILES string of the molecule is COc1ccc(-c2cc(C(=O)NC3CCN(Cc4ccccc4)CC3)c(C)n2-c2ccc(F)cc2F)cc1. The lowest BCUT2D eigenvalue weighted by molar-refractivity contribution is 0.0908. The van der Waals surface area contributed by atoms with E-state index in [2.05, 4.69) is 34.5 Å². The summed E-state index contributed by atoms with van der Waals surface area (Å²) in [5, 5.41) is 3.19. The molecule has 196 valence electrons. The summed E-state index contributed by atoms with van der Waals surface area (Å²) < 4.78 is 35.5. The van der Waals surface area contributed by atoms with Crippen LogP contribution >= 0.6 is 0 Å². The summed E-state index contributed by atoms with van der Waals surface area (Å²) in [5.74, 6) is -0.858. The molecule has 38 heavy (non-hydrogen) atoms. The third-order valence-electron chi connectivity index (χ3n) is 7.20. The minimum absolute atomic E-state index is 0.0595. The highest BCUT2D eigenvalue weighted by Gasteiger charge is 2.25. The molecule has 1 fully saturated rings. The zero-order valence-corrected chi connectivity index (χ0v) is 21.6. The molecule has 5 nitrogen and oxygen atoms in total. The van der Waals surface area contributed by atoms with E-state index in [9.17, 15) is 13.6 Å². The maximum absolute atomic E-state index is 14.9. The summed E-state index contributed by atoms with van der Waals surface area (Å²) in [6, 6.07) is 23.0. The standard InChI is InChI=1S/C31H31F2N3O2/c1-21-27(31(37)34-25-14-16-35(17-15-25)20-22-6-4-3-5-7-22)19-30(23-8-11-26(38-2)12-9-23)36(21)29-13-10-24(32)18-28(29)33/h3-13,18-19,25H,14-17,20H2,1-2H3,(H,34,37). The van der Waals surface area contributed by atoms with Gasteiger partial charge in [-0.05, 0) is 73.4 Å². The molecule has 1 aromatic heterocycles. The topological polar surface area (TPSA) is 46.5 Å². The molecule has 2 heterocycles. The summed E-state index contributed by atoms with van der Waals surface area (Å²) in [5.41, 5.74) is 3.94. The number of carbonyl (C=O) groups is 1. The maximum atomic E-state index is 14.9. The summed E-state index contributed by atoms with van der Waals surface area (Å²) >= 11 is 0. The molecule has 0 saturated carbocycles. The van der Waals surface area contributed by atoms with E-state index in [1.165, 1.54) is 17.7 Å². The molecule has 0 atom stereocenters. The number of hydrogen-bond acceptors (Lipinski definition) is 3. The van der Waals surface area contributed by atoms with Gasteiger partial charge in [-0.25, -0.2) is 8.78 Å². The van der Waals surface area contributed by atoms with Gasteiger partial charge in [-0.1, -0.05) is 30.3 Å². The van der Waals surface area contributed by atoms with Crippen molar-refractivity contribution in [2.24, 2.45) is 0 Å². The van der Waals surface area contributed by atoms with E-state index < -0.39 is 11.6 Å². The largest absolute Gasteiger partial charge is 0.497 e. The van der Waals surface area contributed by atoms with Crippen LogP contribution in [0.4, 0.5) is 8.78 Å². The minimum Gasteiger partial charge on any atom is -0.497 e. The average Bonchev–Trinajstić information content (AvgIpc) is 3.27. The van der Waals surface area contributed by atoms with Gasteiger partial charge in [0.25, 0.3) is 5.91 Å². The van der Waals surface area contributed by atoms with Crippen molar-refractivity contribution in [3.63, 3.8) is 0 Å². The first-order valence-corrected chi connectivity index (χ1v) is 12.8. The van der Waals surface area contributed by atoms with Gasteiger partial charge in [0.05, 0.1) is 24.1 Å². The second-order valence-electron chi connectivity index (χ2n) is 9.70. The van der Waals surface area contributed by atoms with Gasteiger partial charge in [0.1, 0.15) is 17.4 Å². The number of nitrogens with one attached hydrogen (secondary N) is 1. The van der Waals surface area contributed by atoms with Gasteiger partial charge < -0.3 is 14.6 Å². The average molecular weight is 516 g/mol. The fourth-order valence-electron chi connectivity index (χ4n) is 5.12. The highest BCUT2D eigenvalue weighted by atomic mass is 19.1. The second-order valence-corrected chi connectivity index (χ2v) is 9.70. The van der Waals surface area contributed by atoms with Crippen molar-refractivity contribution in [1.29, 1.82) is 0 Å². The molecule has 1 N–H and O–H groups in total. The molecular weight excluding hydrogens is 484 g/mol. The summed E-state index contributed by atoms with van der Waals surface area (Å²) in [6.07, 6.45) is 1.71. The van der Waals surface area contributed by atoms with Crippen molar-refractivity contribution in [2.45, 2.75) is 32.4 Å². The van der Waals surface area contributed by atoms with Crippen LogP contribution in [0.15, 0.2) is 78.9 Å². The predicted molar refractivity (Wildman–Crippen MR) is 145 cm³/mol. The minimum atomic E-state index is -0.698. The summed E-state index contributed by atoms with van der Waals surface area (Å²) in [4.78, 5) is 15.9. The van der Waals surface area contributed by atoms with Crippen LogP contribution in [0.2, 0.25) is 0 Å². The van der Waals surface area contributed by atoms with E-state index in [0.717, 1.165) is 44.1 Å². The number of benzene rings is 3. The maximum Gasteiger partial charge on any atom is 0.253 e. The van der Waals surface area contributed by atoms with Crippen LogP contribution in [0.5, 0.6) is 5.75 Å². The van der Waals surface area contributed by atoms with Crippen molar-refractivity contribution < 1.29 is 18.3 Å². The molecule has 1 aliphatic heterocycles. The van der Waals surface area contributed by atoms with Crippen molar-refractivity contribution in [3.05, 3.63) is 107 Å². The van der Waals surface area contributed by atoms with Gasteiger partial charge in [-0.3, -0.25) is 9.69 Å². The van der Waals surface area contributed by atoms with Crippen LogP contribution in [0, 0.1) is 18.6 Å². The molecule has 1 saturated heterocycles. The Balaban J connectivity index is 1.38. The zero-order valence-electron chi connectivity index (χ0n) is 21.6. The van der Waals surface area contributed by atoms with Crippen molar-refractivity contribution >= 4 is 5.91 Å². The Labute approximate surface area is 221 Å². The smallest absolute Gasteiger partial charge is 0.253 e. The normalized spacial score (nSPS) is 14.4. The molecule has 0 unspecified atom stereocenters. The zero-order chi connectivity index (χ0) is 26.6. The van der Waals surface area contributed by atoms with Gasteiger partial charge in [0, 0.05) is 37.4 Å². The molecule has 3 aromatic carbocycles. The van der Waals surface area contributed by atoms with Gasteiger partial charge in [0.2, 0.25) is 0 Å². The van der Waals surface area contributed by atoms with Crippen LogP contribution < -0.4 is 10.1 Å². The van der Waals surface area contributed by atoms with E-state index in [1.807, 2.05) is 30.3 Å². The van der Waals surface area contributed by atoms with Crippen molar-refractivity contribution in [3.8, 4) is 22.7 Å². The van der Waals surface area contributed by atoms with Gasteiger partial charge >= 0.3 is 0 Å². The lowest BCUT2D eigenvalue weighted by Gasteiger charge is -2.32. The van der Waals surface area contributed by atoms with E-state index in [-0.39, 0.29) is 17.6 Å². The first-order valence-electron chi connectivity index (χ1n) is 12.8. The Morgan fingerprint density at radius 1 is 0.974 bits per heavy atom. The van der Waals surface area contributed by atoms with Crippen molar-refractivity contribution in [1.82, 2.24) is 14.8 Å². The number of hydrogen-bond donors (Lipinski definition) is 1. The van der Waals surface area contributed by atoms with Crippen LogP contribution in [0.1, 0.15) is 34.5 Å². The number of aromatic nitrogens is 1. The fourth-order valence-corrected chi connectivity index (χ4v) is 5.12. The molecule has 1 amide bonds. The van der Waals surface area contributed by atoms with Crippen LogP contribution in [0.3, 0.4) is 0 Å². The highest BCUT2D eigenvalue weighted by molar-refractivity contribution is 5.97. The number of likely N-dealkylation sites (tertiary alicyclic amines) is 1. The third kappa shape index (κ3) is 5.48. The first kappa shape index (κ1) is 25.7. The number of methoxy groups -OCH3 is 1. The van der Waals surface area contributed by atoms with E-state index in [4.69, 9.17) is 4.74 Å². The quantitative estimate of drug-likeness (QED) is 0.322. The van der Waals surface area contributed by atoms with Gasteiger partial charge in [-0.15, -0.1) is 0 Å². The van der Waals surface area contributed by atoms with Crippen LogP contribution in [-0.4, -0.2) is 41.6 Å². The molecule has 0 spiro atoms. The number of rotatable bonds is 7. The molecule has 1 aliphatic rings. The predicted octanol–water partition coefficient (Wildman–Crippen LogP) is 6.13. The molecule has 0 bridgehead atoms. The Morgan fingerprint density at radius 3 is 2.34 bits per heavy atom. The van der Waals surface area contributed by atoms with E-state index in [1.54, 1.807) is 24.7 Å². The Kier molecular flexibility index (Phi) is 7.56. The highest BCUT2D eigenvalue weighted by Crippen LogP contribution is 2.32. The van der Waals surface area contributed by atoms with E-state index >= 15 is 0 Å². The number of nitrogens with zero attached hydrogens (tertiary/aromatic N) is 2. The number of amides is 1. The molecular formula is C31H31F2N3O2. The molecule has 4 aromatic rings. The Morgan fingerprint density at radius 2 is 1.68 bits per heavy atom.